The van der Waals surface area contributed by atoms with Gasteiger partial charge in [-0.15, -0.1) is 0 Å². The van der Waals surface area contributed by atoms with Gasteiger partial charge in [0, 0.05) is 0 Å². The number of aliphatic carboxylic acids is 1. The molecule has 1 amide bonds. The molecule has 0 radical (unpaired) electrons. The number of hydrogen-bond donors (Lipinski definition) is 2. The average Bonchev–Trinajstić information content (AvgIpc) is 3.13. The number of carbonyl (C=O) groups excluding carboxylic acids is 1. The lowest BCUT2D eigenvalue weighted by molar-refractivity contribution is -0.142. The molecule has 0 bridgehead atoms. The van der Waals surface area contributed by atoms with Crippen molar-refractivity contribution >= 4 is 11.9 Å². The lowest BCUT2D eigenvalue weighted by atomic mass is 9.95. The number of carbonyl (C=O) groups is 2. The van der Waals surface area contributed by atoms with Gasteiger partial charge in [0.2, 0.25) is 5.91 Å². The smallest absolute Gasteiger partial charge is 0.325 e. The van der Waals surface area contributed by atoms with Crippen molar-refractivity contribution < 1.29 is 19.1 Å². The summed E-state index contributed by atoms with van der Waals surface area (Å²) in [6, 6.07) is 5.43. The van der Waals surface area contributed by atoms with Crippen LogP contribution < -0.4 is 5.32 Å². The second-order valence-corrected chi connectivity index (χ2v) is 5.08. The minimum atomic E-state index is -1.07. The largest absolute Gasteiger partial charge is 0.480 e. The maximum Gasteiger partial charge on any atom is 0.325 e. The van der Waals surface area contributed by atoms with E-state index in [1.54, 1.807) is 18.2 Å². The fourth-order valence-corrected chi connectivity index (χ4v) is 2.05. The summed E-state index contributed by atoms with van der Waals surface area (Å²) in [5.74, 6) is -1.70. The maximum atomic E-state index is 13.6. The summed E-state index contributed by atoms with van der Waals surface area (Å²) in [5.41, 5.74) is -0.135. The quantitative estimate of drug-likeness (QED) is 0.852. The molecular formula is C14H16FNO3. The molecule has 19 heavy (non-hydrogen) atoms. The van der Waals surface area contributed by atoms with Gasteiger partial charge in [-0.1, -0.05) is 18.2 Å². The summed E-state index contributed by atoms with van der Waals surface area (Å²) < 4.78 is 13.6. The van der Waals surface area contributed by atoms with Gasteiger partial charge in [0.25, 0.3) is 0 Å². The molecule has 0 saturated heterocycles. The van der Waals surface area contributed by atoms with Crippen molar-refractivity contribution in [1.82, 2.24) is 5.32 Å². The fraction of sp³-hybridized carbons (Fsp3) is 0.429. The van der Waals surface area contributed by atoms with Crippen molar-refractivity contribution in [2.75, 3.05) is 0 Å². The van der Waals surface area contributed by atoms with Crippen LogP contribution in [0.25, 0.3) is 0 Å². The van der Waals surface area contributed by atoms with E-state index in [2.05, 4.69) is 5.32 Å². The number of halogens is 1. The van der Waals surface area contributed by atoms with Gasteiger partial charge in [0.1, 0.15) is 11.9 Å². The average molecular weight is 265 g/mol. The van der Waals surface area contributed by atoms with Crippen LogP contribution in [0.2, 0.25) is 0 Å². The third kappa shape index (κ3) is 2.92. The summed E-state index contributed by atoms with van der Waals surface area (Å²) in [4.78, 5) is 22.8. The fourth-order valence-electron chi connectivity index (χ4n) is 2.05. The summed E-state index contributed by atoms with van der Waals surface area (Å²) in [7, 11) is 0. The Bertz CT molecular complexity index is 511. The minimum absolute atomic E-state index is 0.300. The molecule has 0 spiro atoms. The zero-order valence-corrected chi connectivity index (χ0v) is 10.6. The second kappa shape index (κ2) is 4.99. The van der Waals surface area contributed by atoms with Crippen LogP contribution in [0.15, 0.2) is 24.3 Å². The summed E-state index contributed by atoms with van der Waals surface area (Å²) in [5, 5.41) is 11.2. The molecule has 1 aromatic carbocycles. The Morgan fingerprint density at radius 3 is 2.58 bits per heavy atom. The predicted molar refractivity (Wildman–Crippen MR) is 67.0 cm³/mol. The highest BCUT2D eigenvalue weighted by Crippen LogP contribution is 2.49. The molecule has 0 aromatic heterocycles. The molecule has 2 rings (SSSR count). The van der Waals surface area contributed by atoms with E-state index in [1.165, 1.54) is 13.0 Å². The van der Waals surface area contributed by atoms with Crippen LogP contribution in [0.5, 0.6) is 0 Å². The molecule has 1 fully saturated rings. The first-order chi connectivity index (χ1) is 8.94. The Morgan fingerprint density at radius 2 is 2.05 bits per heavy atom. The van der Waals surface area contributed by atoms with Gasteiger partial charge in [-0.2, -0.15) is 0 Å². The Kier molecular flexibility index (Phi) is 3.55. The molecule has 5 heteroatoms. The van der Waals surface area contributed by atoms with E-state index in [0.29, 0.717) is 24.8 Å². The Hall–Kier alpha value is -1.91. The van der Waals surface area contributed by atoms with E-state index in [1.807, 2.05) is 0 Å². The summed E-state index contributed by atoms with van der Waals surface area (Å²) in [6.07, 6.45) is 1.65. The molecule has 1 aromatic rings. The normalized spacial score (nSPS) is 17.6. The van der Waals surface area contributed by atoms with E-state index in [0.717, 1.165) is 0 Å². The first-order valence-electron chi connectivity index (χ1n) is 6.22. The second-order valence-electron chi connectivity index (χ2n) is 5.08. The van der Waals surface area contributed by atoms with Crippen LogP contribution in [0.4, 0.5) is 4.39 Å². The summed E-state index contributed by atoms with van der Waals surface area (Å²) >= 11 is 0. The molecule has 1 unspecified atom stereocenters. The van der Waals surface area contributed by atoms with Gasteiger partial charge in [0.15, 0.2) is 0 Å². The molecule has 0 aliphatic heterocycles. The lowest BCUT2D eigenvalue weighted by Crippen LogP contribution is -2.43. The number of benzene rings is 1. The van der Waals surface area contributed by atoms with E-state index < -0.39 is 17.4 Å². The van der Waals surface area contributed by atoms with E-state index in [4.69, 9.17) is 5.11 Å². The van der Waals surface area contributed by atoms with Crippen molar-refractivity contribution in [3.63, 3.8) is 0 Å². The summed E-state index contributed by atoms with van der Waals surface area (Å²) in [6.45, 7) is 1.42. The lowest BCUT2D eigenvalue weighted by Gasteiger charge is -2.17. The Balaban J connectivity index is 2.05. The minimum Gasteiger partial charge on any atom is -0.480 e. The van der Waals surface area contributed by atoms with Crippen LogP contribution >= 0.6 is 0 Å². The predicted octanol–water partition coefficient (Wildman–Crippen LogP) is 1.74. The van der Waals surface area contributed by atoms with Crippen molar-refractivity contribution in [1.29, 1.82) is 0 Å². The van der Waals surface area contributed by atoms with Crippen molar-refractivity contribution in [2.24, 2.45) is 5.41 Å². The van der Waals surface area contributed by atoms with Gasteiger partial charge < -0.3 is 10.4 Å². The molecule has 4 nitrogen and oxygen atoms in total. The van der Waals surface area contributed by atoms with Crippen molar-refractivity contribution in [3.8, 4) is 0 Å². The highest BCUT2D eigenvalue weighted by Gasteiger charge is 2.50. The Morgan fingerprint density at radius 1 is 1.42 bits per heavy atom. The number of hydrogen-bond acceptors (Lipinski definition) is 2. The molecule has 1 atom stereocenters. The van der Waals surface area contributed by atoms with Crippen molar-refractivity contribution in [2.45, 2.75) is 32.2 Å². The van der Waals surface area contributed by atoms with Gasteiger partial charge in [-0.25, -0.2) is 4.39 Å². The van der Waals surface area contributed by atoms with E-state index in [9.17, 15) is 14.0 Å². The standard InChI is InChI=1S/C14H16FNO3/c1-9(12(17)18)16-13(19)14(6-7-14)8-10-4-2-3-5-11(10)15/h2-5,9H,6-8H2,1H3,(H,16,19)(H,17,18). The van der Waals surface area contributed by atoms with Crippen molar-refractivity contribution in [3.05, 3.63) is 35.6 Å². The van der Waals surface area contributed by atoms with Gasteiger partial charge in [-0.05, 0) is 37.8 Å². The third-order valence-corrected chi connectivity index (χ3v) is 3.54. The number of amides is 1. The molecule has 2 N–H and O–H groups in total. The first-order valence-corrected chi connectivity index (χ1v) is 6.22. The number of nitrogens with one attached hydrogen (secondary N) is 1. The molecule has 1 aliphatic rings. The monoisotopic (exact) mass is 265 g/mol. The molecule has 0 heterocycles. The van der Waals surface area contributed by atoms with Crippen LogP contribution in [-0.2, 0) is 16.0 Å². The van der Waals surface area contributed by atoms with Crippen LogP contribution in [-0.4, -0.2) is 23.0 Å². The van der Waals surface area contributed by atoms with Gasteiger partial charge >= 0.3 is 5.97 Å². The van der Waals surface area contributed by atoms with E-state index >= 15 is 0 Å². The van der Waals surface area contributed by atoms with Crippen LogP contribution in [0.1, 0.15) is 25.3 Å². The number of carboxylic acid groups (broad SMARTS) is 1. The molecule has 1 aliphatic carbocycles. The van der Waals surface area contributed by atoms with E-state index in [-0.39, 0.29) is 11.7 Å². The van der Waals surface area contributed by atoms with Gasteiger partial charge in [0.05, 0.1) is 5.41 Å². The first kappa shape index (κ1) is 13.5. The highest BCUT2D eigenvalue weighted by molar-refractivity contribution is 5.89. The maximum absolute atomic E-state index is 13.6. The topological polar surface area (TPSA) is 66.4 Å². The third-order valence-electron chi connectivity index (χ3n) is 3.54. The number of carboxylic acids is 1. The number of rotatable bonds is 5. The van der Waals surface area contributed by atoms with Crippen LogP contribution in [0, 0.1) is 11.2 Å². The molecular weight excluding hydrogens is 249 g/mol. The molecule has 102 valence electrons. The van der Waals surface area contributed by atoms with Crippen LogP contribution in [0.3, 0.4) is 0 Å². The SMILES string of the molecule is CC(NC(=O)C1(Cc2ccccc2F)CC1)C(=O)O. The zero-order valence-electron chi connectivity index (χ0n) is 10.6. The highest BCUT2D eigenvalue weighted by atomic mass is 19.1. The Labute approximate surface area is 110 Å². The molecule has 1 saturated carbocycles. The van der Waals surface area contributed by atoms with Gasteiger partial charge in [-0.3, -0.25) is 9.59 Å². The zero-order chi connectivity index (χ0) is 14.0.